The van der Waals surface area contributed by atoms with Gasteiger partial charge >= 0.3 is 0 Å². The van der Waals surface area contributed by atoms with Crippen LogP contribution < -0.4 is 20.7 Å². The zero-order valence-corrected chi connectivity index (χ0v) is 17.5. The second-order valence-corrected chi connectivity index (χ2v) is 8.77. The van der Waals surface area contributed by atoms with Crippen LogP contribution in [0.4, 0.5) is 15.8 Å². The summed E-state index contributed by atoms with van der Waals surface area (Å²) in [4.78, 5) is 13.8. The molecule has 3 aliphatic rings. The van der Waals surface area contributed by atoms with Gasteiger partial charge in [0.15, 0.2) is 0 Å². The summed E-state index contributed by atoms with van der Waals surface area (Å²) in [5.74, 6) is -0.621. The van der Waals surface area contributed by atoms with Crippen molar-refractivity contribution in [2.75, 3.05) is 16.8 Å². The first kappa shape index (κ1) is 20.5. The lowest BCUT2D eigenvalue weighted by atomic mass is 9.92. The number of rotatable bonds is 5. The van der Waals surface area contributed by atoms with Crippen LogP contribution in [0.1, 0.15) is 30.9 Å². The maximum Gasteiger partial charge on any atom is 0.225 e. The number of carbonyl (C=O) groups is 1. The van der Waals surface area contributed by atoms with Crippen molar-refractivity contribution in [3.8, 4) is 11.1 Å². The number of aliphatic hydroxyl groups excluding tert-OH is 2. The van der Waals surface area contributed by atoms with Gasteiger partial charge in [0.1, 0.15) is 18.1 Å². The first-order valence-electron chi connectivity index (χ1n) is 10.2. The van der Waals surface area contributed by atoms with Crippen LogP contribution in [-0.4, -0.2) is 34.9 Å². The van der Waals surface area contributed by atoms with E-state index in [2.05, 4.69) is 14.9 Å². The Balaban J connectivity index is 1.51. The molecule has 0 saturated heterocycles. The molecule has 2 heterocycles. The molecule has 0 bridgehead atoms. The number of nitrogens with two attached hydrogens (primary N) is 1. The third-order valence-corrected chi connectivity index (χ3v) is 6.72. The van der Waals surface area contributed by atoms with Crippen molar-refractivity contribution in [3.05, 3.63) is 58.4 Å². The zero-order valence-electron chi connectivity index (χ0n) is 16.6. The first-order chi connectivity index (χ1) is 15.0. The Morgan fingerprint density at radius 1 is 1.26 bits per heavy atom. The molecule has 162 valence electrons. The third kappa shape index (κ3) is 3.62. The van der Waals surface area contributed by atoms with Crippen LogP contribution in [0, 0.1) is 5.82 Å². The smallest absolute Gasteiger partial charge is 0.225 e. The SMILES string of the molecule is NCCC(=O)Nc1ccc(-c2cc3c(cc2F)C(O)C2=C(SNC2O)N3C2CC2)cc1. The second-order valence-electron chi connectivity index (χ2n) is 7.94. The highest BCUT2D eigenvalue weighted by Gasteiger charge is 2.44. The number of nitrogens with one attached hydrogen (secondary N) is 2. The van der Waals surface area contributed by atoms with Crippen molar-refractivity contribution in [2.24, 2.45) is 5.73 Å². The van der Waals surface area contributed by atoms with Gasteiger partial charge in [-0.25, -0.2) is 9.11 Å². The van der Waals surface area contributed by atoms with Crippen molar-refractivity contribution in [3.63, 3.8) is 0 Å². The molecule has 2 unspecified atom stereocenters. The third-order valence-electron chi connectivity index (χ3n) is 5.76. The number of benzene rings is 2. The number of amides is 1. The van der Waals surface area contributed by atoms with Gasteiger partial charge in [0.25, 0.3) is 0 Å². The molecule has 1 aliphatic carbocycles. The van der Waals surface area contributed by atoms with E-state index in [1.165, 1.54) is 18.0 Å². The molecule has 2 atom stereocenters. The van der Waals surface area contributed by atoms with Crippen LogP contribution in [0.25, 0.3) is 11.1 Å². The van der Waals surface area contributed by atoms with Crippen LogP contribution in [0.5, 0.6) is 0 Å². The van der Waals surface area contributed by atoms with E-state index in [9.17, 15) is 15.0 Å². The molecule has 1 amide bonds. The number of halogens is 1. The van der Waals surface area contributed by atoms with E-state index in [1.807, 2.05) is 0 Å². The Bertz CT molecular complexity index is 1070. The van der Waals surface area contributed by atoms with E-state index in [4.69, 9.17) is 5.73 Å². The van der Waals surface area contributed by atoms with E-state index < -0.39 is 18.1 Å². The Morgan fingerprint density at radius 2 is 2.00 bits per heavy atom. The largest absolute Gasteiger partial charge is 0.384 e. The lowest BCUT2D eigenvalue weighted by Crippen LogP contribution is -2.32. The van der Waals surface area contributed by atoms with Crippen molar-refractivity contribution >= 4 is 29.2 Å². The second kappa shape index (κ2) is 7.92. The molecule has 6 N–H and O–H groups in total. The van der Waals surface area contributed by atoms with Gasteiger partial charge in [-0.1, -0.05) is 12.1 Å². The van der Waals surface area contributed by atoms with Gasteiger partial charge in [-0.15, -0.1) is 0 Å². The summed E-state index contributed by atoms with van der Waals surface area (Å²) in [6.07, 6.45) is 0.218. The lowest BCUT2D eigenvalue weighted by molar-refractivity contribution is -0.116. The van der Waals surface area contributed by atoms with Gasteiger partial charge in [0.2, 0.25) is 5.91 Å². The summed E-state index contributed by atoms with van der Waals surface area (Å²) in [6, 6.07) is 10.4. The number of carbonyl (C=O) groups excluding carboxylic acids is 1. The minimum absolute atomic E-state index is 0.168. The Labute approximate surface area is 183 Å². The van der Waals surface area contributed by atoms with E-state index in [-0.39, 0.29) is 24.9 Å². The molecule has 2 aromatic carbocycles. The summed E-state index contributed by atoms with van der Waals surface area (Å²) in [5, 5.41) is 24.7. The average molecular weight is 443 g/mol. The number of aliphatic hydroxyl groups is 2. The van der Waals surface area contributed by atoms with Crippen molar-refractivity contribution in [2.45, 2.75) is 37.6 Å². The number of fused-ring (bicyclic) bond motifs is 1. The van der Waals surface area contributed by atoms with Crippen LogP contribution in [-0.2, 0) is 4.79 Å². The van der Waals surface area contributed by atoms with Gasteiger partial charge in [0.05, 0.1) is 5.03 Å². The standard InChI is InChI=1S/C22H23FN4O3S/c23-16-9-15-17(27(13-5-6-13)22-19(20(15)29)21(30)26-31-22)10-14(16)11-1-3-12(4-2-11)25-18(28)7-8-24/h1-4,9-10,13,20-21,26,29-30H,5-8,24H2,(H,25,28). The van der Waals surface area contributed by atoms with Gasteiger partial charge in [0, 0.05) is 47.1 Å². The highest BCUT2D eigenvalue weighted by molar-refractivity contribution is 8.01. The number of hydrogen-bond acceptors (Lipinski definition) is 7. The fourth-order valence-corrected chi connectivity index (χ4v) is 5.13. The average Bonchev–Trinajstić information content (AvgIpc) is 3.51. The van der Waals surface area contributed by atoms with Crippen LogP contribution >= 0.6 is 11.9 Å². The molecular weight excluding hydrogens is 419 g/mol. The maximum absolute atomic E-state index is 15.1. The van der Waals surface area contributed by atoms with E-state index in [0.29, 0.717) is 28.0 Å². The molecule has 0 aromatic heterocycles. The molecule has 7 nitrogen and oxygen atoms in total. The van der Waals surface area contributed by atoms with Crippen molar-refractivity contribution in [1.82, 2.24) is 4.72 Å². The normalized spacial score (nSPS) is 22.4. The Hall–Kier alpha value is -2.43. The monoisotopic (exact) mass is 442 g/mol. The molecule has 2 aromatic rings. The fourth-order valence-electron chi connectivity index (χ4n) is 4.09. The minimum Gasteiger partial charge on any atom is -0.384 e. The molecule has 2 aliphatic heterocycles. The van der Waals surface area contributed by atoms with Crippen LogP contribution in [0.2, 0.25) is 0 Å². The summed E-state index contributed by atoms with van der Waals surface area (Å²) < 4.78 is 18.0. The van der Waals surface area contributed by atoms with E-state index in [1.54, 1.807) is 30.3 Å². The molecule has 0 radical (unpaired) electrons. The van der Waals surface area contributed by atoms with E-state index in [0.717, 1.165) is 23.6 Å². The van der Waals surface area contributed by atoms with Crippen LogP contribution in [0.3, 0.4) is 0 Å². The fraction of sp³-hybridized carbons (Fsp3) is 0.318. The zero-order chi connectivity index (χ0) is 21.7. The molecule has 9 heteroatoms. The number of nitrogens with zero attached hydrogens (tertiary/aromatic N) is 1. The summed E-state index contributed by atoms with van der Waals surface area (Å²) in [6.45, 7) is 0.274. The summed E-state index contributed by atoms with van der Waals surface area (Å²) in [7, 11) is 0. The van der Waals surface area contributed by atoms with E-state index >= 15 is 4.39 Å². The molecule has 31 heavy (non-hydrogen) atoms. The van der Waals surface area contributed by atoms with Crippen molar-refractivity contribution < 1.29 is 19.4 Å². The maximum atomic E-state index is 15.1. The topological polar surface area (TPSA) is 111 Å². The van der Waals surface area contributed by atoms with Crippen molar-refractivity contribution in [1.29, 1.82) is 0 Å². The first-order valence-corrected chi connectivity index (χ1v) is 11.0. The molecule has 5 rings (SSSR count). The lowest BCUT2D eigenvalue weighted by Gasteiger charge is -2.35. The highest BCUT2D eigenvalue weighted by Crippen LogP contribution is 2.52. The minimum atomic E-state index is -1.07. The molecular formula is C22H23FN4O3S. The molecule has 1 saturated carbocycles. The Kier molecular flexibility index (Phi) is 5.23. The predicted molar refractivity (Wildman–Crippen MR) is 118 cm³/mol. The van der Waals surface area contributed by atoms with Gasteiger partial charge in [-0.2, -0.15) is 0 Å². The van der Waals surface area contributed by atoms with Crippen LogP contribution in [0.15, 0.2) is 47.0 Å². The van der Waals surface area contributed by atoms with Gasteiger partial charge in [-0.05, 0) is 54.6 Å². The number of anilines is 2. The highest BCUT2D eigenvalue weighted by atomic mass is 32.2. The molecule has 0 spiro atoms. The van der Waals surface area contributed by atoms with Gasteiger partial charge < -0.3 is 26.2 Å². The summed E-state index contributed by atoms with van der Waals surface area (Å²) >= 11 is 1.30. The molecule has 1 fully saturated rings. The Morgan fingerprint density at radius 3 is 2.68 bits per heavy atom. The number of hydrogen-bond donors (Lipinski definition) is 5. The van der Waals surface area contributed by atoms with Gasteiger partial charge in [-0.3, -0.25) is 4.79 Å². The summed E-state index contributed by atoms with van der Waals surface area (Å²) in [5.41, 5.74) is 8.79. The quantitative estimate of drug-likeness (QED) is 0.453. The predicted octanol–water partition coefficient (Wildman–Crippen LogP) is 2.58.